The normalized spacial score (nSPS) is 21.5. The van der Waals surface area contributed by atoms with E-state index in [0.717, 1.165) is 40.9 Å². The molecule has 0 saturated carbocycles. The van der Waals surface area contributed by atoms with Crippen molar-refractivity contribution in [2.45, 2.75) is 51.7 Å². The Kier molecular flexibility index (Phi) is 5.28. The second kappa shape index (κ2) is 7.76. The Morgan fingerprint density at radius 2 is 1.80 bits per heavy atom. The van der Waals surface area contributed by atoms with Crippen molar-refractivity contribution in [3.05, 3.63) is 64.2 Å². The number of nitrogens with one attached hydrogen (secondary N) is 1. The smallest absolute Gasteiger partial charge is 0.325 e. The molecule has 2 atom stereocenters. The largest absolute Gasteiger partial charge is 0.491 e. The van der Waals surface area contributed by atoms with Crippen molar-refractivity contribution in [1.29, 1.82) is 0 Å². The lowest BCUT2D eigenvalue weighted by molar-refractivity contribution is -0.132. The van der Waals surface area contributed by atoms with Crippen LogP contribution >= 0.6 is 0 Å². The lowest BCUT2D eigenvalue weighted by Crippen LogP contribution is -2.42. The van der Waals surface area contributed by atoms with Crippen molar-refractivity contribution in [3.63, 3.8) is 0 Å². The van der Waals surface area contributed by atoms with Crippen LogP contribution in [0.5, 0.6) is 5.75 Å². The number of ether oxygens (including phenoxy) is 1. The maximum absolute atomic E-state index is 13.1. The fourth-order valence-corrected chi connectivity index (χ4v) is 4.41. The van der Waals surface area contributed by atoms with Crippen LogP contribution in [0, 0.1) is 13.8 Å². The third kappa shape index (κ3) is 3.79. The highest BCUT2D eigenvalue weighted by molar-refractivity contribution is 6.07. The molecule has 4 rings (SSSR count). The molecule has 1 saturated heterocycles. The molecular formula is C24H28N2O4. The number of amides is 3. The summed E-state index contributed by atoms with van der Waals surface area (Å²) in [6.07, 6.45) is 2.20. The fourth-order valence-electron chi connectivity index (χ4n) is 4.41. The molecule has 0 aromatic heterocycles. The van der Waals surface area contributed by atoms with Gasteiger partial charge in [0, 0.05) is 0 Å². The van der Waals surface area contributed by atoms with Gasteiger partial charge in [-0.3, -0.25) is 9.69 Å². The van der Waals surface area contributed by atoms with Crippen molar-refractivity contribution in [2.75, 3.05) is 13.2 Å². The number of carbonyl (C=O) groups is 2. The van der Waals surface area contributed by atoms with E-state index in [9.17, 15) is 14.7 Å². The monoisotopic (exact) mass is 408 g/mol. The van der Waals surface area contributed by atoms with Gasteiger partial charge in [0.1, 0.15) is 24.0 Å². The van der Waals surface area contributed by atoms with E-state index in [1.807, 2.05) is 44.2 Å². The van der Waals surface area contributed by atoms with Gasteiger partial charge < -0.3 is 15.2 Å². The van der Waals surface area contributed by atoms with E-state index >= 15 is 0 Å². The maximum Gasteiger partial charge on any atom is 0.325 e. The van der Waals surface area contributed by atoms with Crippen LogP contribution in [-0.2, 0) is 23.2 Å². The molecule has 1 aliphatic heterocycles. The van der Waals surface area contributed by atoms with E-state index in [0.29, 0.717) is 5.75 Å². The van der Waals surface area contributed by atoms with Gasteiger partial charge in [-0.2, -0.15) is 0 Å². The van der Waals surface area contributed by atoms with E-state index in [1.54, 1.807) is 6.92 Å². The van der Waals surface area contributed by atoms with Crippen molar-refractivity contribution in [2.24, 2.45) is 0 Å². The Bertz CT molecular complexity index is 982. The molecule has 30 heavy (non-hydrogen) atoms. The summed E-state index contributed by atoms with van der Waals surface area (Å²) in [5.74, 6) is 0.308. The van der Waals surface area contributed by atoms with Crippen molar-refractivity contribution in [3.8, 4) is 5.75 Å². The first-order valence-electron chi connectivity index (χ1n) is 10.4. The van der Waals surface area contributed by atoms with Gasteiger partial charge in [-0.25, -0.2) is 4.79 Å². The minimum atomic E-state index is -1.12. The number of benzene rings is 2. The topological polar surface area (TPSA) is 78.9 Å². The zero-order chi connectivity index (χ0) is 21.5. The van der Waals surface area contributed by atoms with Gasteiger partial charge in [0.15, 0.2) is 0 Å². The molecule has 3 amide bonds. The highest BCUT2D eigenvalue weighted by Crippen LogP contribution is 2.32. The Morgan fingerprint density at radius 1 is 1.10 bits per heavy atom. The van der Waals surface area contributed by atoms with Crippen LogP contribution in [0.4, 0.5) is 4.79 Å². The minimum Gasteiger partial charge on any atom is -0.491 e. The average molecular weight is 408 g/mol. The Balaban J connectivity index is 1.43. The average Bonchev–Trinajstić information content (AvgIpc) is 3.24. The highest BCUT2D eigenvalue weighted by Gasteiger charge is 2.49. The highest BCUT2D eigenvalue weighted by atomic mass is 16.5. The number of β-amino-alcohol motifs (C(OH)–C–C–N with tert-alkyl or cyclic N) is 1. The molecule has 0 bridgehead atoms. The van der Waals surface area contributed by atoms with Gasteiger partial charge in [0.05, 0.1) is 6.54 Å². The summed E-state index contributed by atoms with van der Waals surface area (Å²) in [5.41, 5.74) is 4.36. The van der Waals surface area contributed by atoms with Crippen LogP contribution < -0.4 is 10.1 Å². The molecular weight excluding hydrogens is 380 g/mol. The second-order valence-corrected chi connectivity index (χ2v) is 8.60. The first-order valence-corrected chi connectivity index (χ1v) is 10.4. The molecule has 6 nitrogen and oxygen atoms in total. The first kappa shape index (κ1) is 20.4. The van der Waals surface area contributed by atoms with E-state index < -0.39 is 17.7 Å². The summed E-state index contributed by atoms with van der Waals surface area (Å²) in [7, 11) is 0. The zero-order valence-electron chi connectivity index (χ0n) is 17.7. The molecule has 1 heterocycles. The van der Waals surface area contributed by atoms with E-state index in [4.69, 9.17) is 4.74 Å². The standard InChI is InChI=1S/C24H28N2O4/c1-15-9-16(2)11-21(10-15)30-14-20(27)13-26-22(28)24(3,25-23(26)29)19-8-7-17-5-4-6-18(17)12-19/h7-12,20,27H,4-6,13-14H2,1-3H3,(H,25,29)/t20-,24-/m1/s1. The van der Waals surface area contributed by atoms with Crippen LogP contribution in [-0.4, -0.2) is 41.2 Å². The summed E-state index contributed by atoms with van der Waals surface area (Å²) in [5, 5.41) is 13.2. The van der Waals surface area contributed by atoms with Crippen molar-refractivity contribution >= 4 is 11.9 Å². The number of hydrogen-bond acceptors (Lipinski definition) is 4. The number of carbonyl (C=O) groups excluding carboxylic acids is 2. The number of aliphatic hydroxyl groups excluding tert-OH is 1. The molecule has 2 aliphatic rings. The van der Waals surface area contributed by atoms with Crippen LogP contribution in [0.3, 0.4) is 0 Å². The van der Waals surface area contributed by atoms with Gasteiger partial charge in [0.2, 0.25) is 0 Å². The summed E-state index contributed by atoms with van der Waals surface area (Å²) in [6.45, 7) is 5.56. The Hall–Kier alpha value is -2.86. The molecule has 6 heteroatoms. The number of fused-ring (bicyclic) bond motifs is 1. The van der Waals surface area contributed by atoms with Gasteiger partial charge >= 0.3 is 6.03 Å². The molecule has 1 fully saturated rings. The lowest BCUT2D eigenvalue weighted by Gasteiger charge is -2.24. The van der Waals surface area contributed by atoms with Crippen LogP contribution in [0.15, 0.2) is 36.4 Å². The predicted molar refractivity (Wildman–Crippen MR) is 113 cm³/mol. The van der Waals surface area contributed by atoms with Crippen LogP contribution in [0.1, 0.15) is 41.2 Å². The molecule has 158 valence electrons. The molecule has 2 N–H and O–H groups in total. The number of nitrogens with zero attached hydrogens (tertiary/aromatic N) is 1. The second-order valence-electron chi connectivity index (χ2n) is 8.60. The van der Waals surface area contributed by atoms with Crippen LogP contribution in [0.25, 0.3) is 0 Å². The van der Waals surface area contributed by atoms with E-state index in [1.165, 1.54) is 11.1 Å². The van der Waals surface area contributed by atoms with Crippen molar-refractivity contribution < 1.29 is 19.4 Å². The quantitative estimate of drug-likeness (QED) is 0.721. The van der Waals surface area contributed by atoms with E-state index in [-0.39, 0.29) is 19.1 Å². The molecule has 0 spiro atoms. The van der Waals surface area contributed by atoms with Gasteiger partial charge in [0.25, 0.3) is 5.91 Å². The Labute approximate surface area is 176 Å². The molecule has 2 aromatic rings. The van der Waals surface area contributed by atoms with E-state index in [2.05, 4.69) is 11.4 Å². The van der Waals surface area contributed by atoms with Gasteiger partial charge in [-0.05, 0) is 80.0 Å². The maximum atomic E-state index is 13.1. The number of aliphatic hydroxyl groups is 1. The summed E-state index contributed by atoms with van der Waals surface area (Å²) in [4.78, 5) is 26.8. The number of aryl methyl sites for hydroxylation is 4. The number of hydrogen-bond donors (Lipinski definition) is 2. The minimum absolute atomic E-state index is 0.00445. The number of urea groups is 1. The fraction of sp³-hybridized carbons (Fsp3) is 0.417. The summed E-state index contributed by atoms with van der Waals surface area (Å²) in [6, 6.07) is 11.3. The van der Waals surface area contributed by atoms with Gasteiger partial charge in [-0.1, -0.05) is 24.3 Å². The zero-order valence-corrected chi connectivity index (χ0v) is 17.7. The third-order valence-electron chi connectivity index (χ3n) is 5.98. The number of imide groups is 1. The predicted octanol–water partition coefficient (Wildman–Crippen LogP) is 3.00. The Morgan fingerprint density at radius 3 is 2.53 bits per heavy atom. The third-order valence-corrected chi connectivity index (χ3v) is 5.98. The van der Waals surface area contributed by atoms with Crippen LogP contribution in [0.2, 0.25) is 0 Å². The summed E-state index contributed by atoms with van der Waals surface area (Å²) >= 11 is 0. The number of rotatable bonds is 6. The molecule has 0 radical (unpaired) electrons. The van der Waals surface area contributed by atoms with Gasteiger partial charge in [-0.15, -0.1) is 0 Å². The first-order chi connectivity index (χ1) is 14.3. The SMILES string of the molecule is Cc1cc(C)cc(OC[C@H](O)CN2C(=O)N[C@](C)(c3ccc4c(c3)CCC4)C2=O)c1. The summed E-state index contributed by atoms with van der Waals surface area (Å²) < 4.78 is 5.68. The molecule has 0 unspecified atom stereocenters. The molecule has 1 aliphatic carbocycles. The lowest BCUT2D eigenvalue weighted by atomic mass is 9.89. The van der Waals surface area contributed by atoms with Crippen molar-refractivity contribution in [1.82, 2.24) is 10.2 Å². The molecule has 2 aromatic carbocycles.